The normalized spacial score (nSPS) is 29.9. The number of benzene rings is 1. The van der Waals surface area contributed by atoms with Crippen molar-refractivity contribution in [2.24, 2.45) is 0 Å². The van der Waals surface area contributed by atoms with Crippen molar-refractivity contribution in [3.63, 3.8) is 0 Å². The summed E-state index contributed by atoms with van der Waals surface area (Å²) in [4.78, 5) is 12.5. The summed E-state index contributed by atoms with van der Waals surface area (Å²) in [5.74, 6) is -4.28. The maximum absolute atomic E-state index is 15.6. The molecule has 1 aromatic heterocycles. The van der Waals surface area contributed by atoms with Crippen LogP contribution in [0.4, 0.5) is 8.78 Å². The van der Waals surface area contributed by atoms with Gasteiger partial charge in [-0.25, -0.2) is 8.78 Å². The second-order valence-electron chi connectivity index (χ2n) is 7.78. The SMILES string of the molecule is CC1(F)O[C@@H]([C@H](O)[C@H](O)CO)[C@H](NC(=O)C(Cl)(Cl)Cl)[C@@H](n2cc3ccccc3c2C#N)C1F. The molecule has 33 heavy (non-hydrogen) atoms. The van der Waals surface area contributed by atoms with Gasteiger partial charge in [0.05, 0.1) is 18.7 Å². The van der Waals surface area contributed by atoms with Gasteiger partial charge in [0, 0.05) is 17.0 Å². The number of aromatic nitrogens is 1. The zero-order valence-corrected chi connectivity index (χ0v) is 19.3. The summed E-state index contributed by atoms with van der Waals surface area (Å²) in [6.07, 6.45) is -6.74. The number of amides is 1. The fraction of sp³-hybridized carbons (Fsp3) is 0.500. The van der Waals surface area contributed by atoms with E-state index in [1.807, 2.05) is 6.07 Å². The molecule has 0 radical (unpaired) electrons. The average molecular weight is 527 g/mol. The zero-order valence-electron chi connectivity index (χ0n) is 17.0. The Bertz CT molecular complexity index is 1070. The van der Waals surface area contributed by atoms with Crippen molar-refractivity contribution in [3.8, 4) is 6.07 Å². The van der Waals surface area contributed by atoms with E-state index in [1.165, 1.54) is 6.20 Å². The number of hydrogen-bond donors (Lipinski definition) is 4. The highest BCUT2D eigenvalue weighted by atomic mass is 35.6. The van der Waals surface area contributed by atoms with Crippen LogP contribution in [0.5, 0.6) is 0 Å². The van der Waals surface area contributed by atoms with Gasteiger partial charge in [-0.3, -0.25) is 4.79 Å². The highest BCUT2D eigenvalue weighted by Gasteiger charge is 2.58. The van der Waals surface area contributed by atoms with Crippen LogP contribution in [-0.4, -0.2) is 72.6 Å². The highest BCUT2D eigenvalue weighted by Crippen LogP contribution is 2.43. The molecule has 13 heteroatoms. The predicted molar refractivity (Wildman–Crippen MR) is 116 cm³/mol. The number of ether oxygens (including phenoxy) is 1. The van der Waals surface area contributed by atoms with Crippen molar-refractivity contribution < 1.29 is 33.6 Å². The first-order valence-corrected chi connectivity index (χ1v) is 10.8. The quantitative estimate of drug-likeness (QED) is 0.442. The third-order valence-electron chi connectivity index (χ3n) is 5.53. The molecular weight excluding hydrogens is 507 g/mol. The number of carbonyl (C=O) groups is 1. The van der Waals surface area contributed by atoms with Gasteiger partial charge < -0.3 is 29.9 Å². The highest BCUT2D eigenvalue weighted by molar-refractivity contribution is 6.76. The number of aliphatic hydroxyl groups excluding tert-OH is 3. The lowest BCUT2D eigenvalue weighted by molar-refractivity contribution is -0.278. The van der Waals surface area contributed by atoms with Gasteiger partial charge in [-0.1, -0.05) is 59.1 Å². The number of aliphatic hydroxyl groups is 3. The molecule has 7 atom stereocenters. The maximum Gasteiger partial charge on any atom is 0.272 e. The molecule has 2 aromatic rings. The van der Waals surface area contributed by atoms with Crippen molar-refractivity contribution in [2.45, 2.75) is 53.1 Å². The summed E-state index contributed by atoms with van der Waals surface area (Å²) >= 11 is 16.9. The molecule has 1 amide bonds. The Morgan fingerprint density at radius 3 is 2.61 bits per heavy atom. The smallest absolute Gasteiger partial charge is 0.272 e. The van der Waals surface area contributed by atoms with Gasteiger partial charge in [0.15, 0.2) is 6.17 Å². The van der Waals surface area contributed by atoms with Crippen LogP contribution < -0.4 is 5.32 Å². The number of fused-ring (bicyclic) bond motifs is 1. The van der Waals surface area contributed by atoms with Gasteiger partial charge in [0.2, 0.25) is 5.85 Å². The minimum Gasteiger partial charge on any atom is -0.394 e. The number of rotatable bonds is 5. The zero-order chi connectivity index (χ0) is 24.7. The fourth-order valence-electron chi connectivity index (χ4n) is 3.94. The Morgan fingerprint density at radius 1 is 1.39 bits per heavy atom. The molecule has 0 saturated carbocycles. The van der Waals surface area contributed by atoms with Gasteiger partial charge in [-0.15, -0.1) is 0 Å². The number of alkyl halides is 5. The monoisotopic (exact) mass is 525 g/mol. The number of carbonyl (C=O) groups excluding carboxylic acids is 1. The van der Waals surface area contributed by atoms with Gasteiger partial charge >= 0.3 is 0 Å². The van der Waals surface area contributed by atoms with Crippen molar-refractivity contribution in [1.82, 2.24) is 9.88 Å². The molecule has 1 saturated heterocycles. The van der Waals surface area contributed by atoms with Gasteiger partial charge in [0.25, 0.3) is 9.70 Å². The Morgan fingerprint density at radius 2 is 2.03 bits per heavy atom. The third-order valence-corrected chi connectivity index (χ3v) is 6.05. The number of hydrogen-bond acceptors (Lipinski definition) is 6. The first kappa shape index (κ1) is 25.9. The molecule has 180 valence electrons. The summed E-state index contributed by atoms with van der Waals surface area (Å²) in [6.45, 7) is -0.187. The fourth-order valence-corrected chi connectivity index (χ4v) is 4.11. The summed E-state index contributed by atoms with van der Waals surface area (Å²) in [7, 11) is 0. The van der Waals surface area contributed by atoms with Crippen molar-refractivity contribution in [3.05, 3.63) is 36.2 Å². The lowest BCUT2D eigenvalue weighted by Gasteiger charge is -2.48. The molecule has 3 rings (SSSR count). The molecule has 1 aliphatic heterocycles. The van der Waals surface area contributed by atoms with Crippen molar-refractivity contribution in [2.75, 3.05) is 6.61 Å². The molecular formula is C20H20Cl3F2N3O5. The molecule has 8 nitrogen and oxygen atoms in total. The molecule has 1 aromatic carbocycles. The first-order valence-electron chi connectivity index (χ1n) is 9.68. The number of nitriles is 1. The van der Waals surface area contributed by atoms with Crippen LogP contribution >= 0.6 is 34.8 Å². The van der Waals surface area contributed by atoms with Crippen LogP contribution in [-0.2, 0) is 9.53 Å². The van der Waals surface area contributed by atoms with E-state index in [0.29, 0.717) is 10.8 Å². The second kappa shape index (κ2) is 9.50. The van der Waals surface area contributed by atoms with Crippen molar-refractivity contribution >= 4 is 51.5 Å². The Hall–Kier alpha value is -1.71. The largest absolute Gasteiger partial charge is 0.394 e. The molecule has 1 aliphatic rings. The van der Waals surface area contributed by atoms with Crippen LogP contribution in [0.1, 0.15) is 18.7 Å². The van der Waals surface area contributed by atoms with E-state index in [0.717, 1.165) is 11.5 Å². The average Bonchev–Trinajstić information content (AvgIpc) is 3.12. The molecule has 2 heterocycles. The third kappa shape index (κ3) is 4.91. The minimum absolute atomic E-state index is 0.0555. The van der Waals surface area contributed by atoms with E-state index in [2.05, 4.69) is 5.32 Å². The van der Waals surface area contributed by atoms with Crippen LogP contribution in [0.3, 0.4) is 0 Å². The van der Waals surface area contributed by atoms with E-state index >= 15 is 8.78 Å². The van der Waals surface area contributed by atoms with E-state index < -0.39 is 58.7 Å². The summed E-state index contributed by atoms with van der Waals surface area (Å²) in [5.41, 5.74) is -0.0555. The van der Waals surface area contributed by atoms with Crippen LogP contribution in [0, 0.1) is 11.3 Å². The standard InChI is InChI=1S/C20H20Cl3F2N3O5/c1-19(25)17(24)14(28-7-9-4-2-3-5-10(9)11(28)6-26)13(27-18(32)20(21,22)23)16(33-19)15(31)12(30)8-29/h2-5,7,12-17,29-31H,8H2,1H3,(H,27,32)/t12-,13-,14-,15-,16-,17?,19?/m1/s1. The molecule has 0 bridgehead atoms. The van der Waals surface area contributed by atoms with Crippen LogP contribution in [0.15, 0.2) is 30.5 Å². The summed E-state index contributed by atoms with van der Waals surface area (Å²) < 4.78 is 34.6. The second-order valence-corrected chi connectivity index (χ2v) is 10.1. The summed E-state index contributed by atoms with van der Waals surface area (Å²) in [6, 6.07) is 5.18. The molecule has 4 N–H and O–H groups in total. The van der Waals surface area contributed by atoms with Crippen molar-refractivity contribution in [1.29, 1.82) is 5.26 Å². The molecule has 0 spiro atoms. The number of nitrogens with one attached hydrogen (secondary N) is 1. The first-order chi connectivity index (χ1) is 15.3. The van der Waals surface area contributed by atoms with Gasteiger partial charge in [0.1, 0.15) is 30.1 Å². The minimum atomic E-state index is -3.03. The Labute approximate surface area is 202 Å². The van der Waals surface area contributed by atoms with E-state index in [1.54, 1.807) is 24.3 Å². The molecule has 2 unspecified atom stereocenters. The lowest BCUT2D eigenvalue weighted by atomic mass is 9.86. The molecule has 1 fully saturated rings. The van der Waals surface area contributed by atoms with E-state index in [9.17, 15) is 25.4 Å². The molecule has 0 aliphatic carbocycles. The lowest BCUT2D eigenvalue weighted by Crippen LogP contribution is -2.67. The Balaban J connectivity index is 2.22. The number of halogens is 5. The van der Waals surface area contributed by atoms with Gasteiger partial charge in [-0.2, -0.15) is 5.26 Å². The summed E-state index contributed by atoms with van der Waals surface area (Å²) in [5, 5.41) is 42.7. The Kier molecular flexibility index (Phi) is 7.46. The van der Waals surface area contributed by atoms with E-state index in [-0.39, 0.29) is 5.69 Å². The number of nitrogens with zero attached hydrogens (tertiary/aromatic N) is 2. The van der Waals surface area contributed by atoms with Gasteiger partial charge in [-0.05, 0) is 6.92 Å². The van der Waals surface area contributed by atoms with E-state index in [4.69, 9.17) is 39.5 Å². The van der Waals surface area contributed by atoms with Crippen LogP contribution in [0.25, 0.3) is 10.8 Å². The maximum atomic E-state index is 15.6. The van der Waals surface area contributed by atoms with Crippen LogP contribution in [0.2, 0.25) is 0 Å². The predicted octanol–water partition coefficient (Wildman–Crippen LogP) is 2.05. The topological polar surface area (TPSA) is 128 Å².